The molecule has 0 saturated heterocycles. The summed E-state index contributed by atoms with van der Waals surface area (Å²) in [7, 11) is 0. The highest BCUT2D eigenvalue weighted by Gasteiger charge is 2.15. The van der Waals surface area contributed by atoms with E-state index in [9.17, 15) is 14.4 Å². The Morgan fingerprint density at radius 3 is 2.62 bits per heavy atom. The van der Waals surface area contributed by atoms with Gasteiger partial charge in [-0.1, -0.05) is 30.3 Å². The molecule has 0 saturated carbocycles. The van der Waals surface area contributed by atoms with Crippen LogP contribution in [0.2, 0.25) is 0 Å². The molecule has 1 amide bonds. The molecule has 0 aliphatic heterocycles. The summed E-state index contributed by atoms with van der Waals surface area (Å²) in [6.07, 6.45) is 1.99. The number of rotatable bonds is 7. The van der Waals surface area contributed by atoms with Crippen LogP contribution in [0, 0.1) is 0 Å². The van der Waals surface area contributed by atoms with E-state index in [2.05, 4.69) is 20.9 Å². The number of H-pyrrole nitrogens is 1. The van der Waals surface area contributed by atoms with Crippen LogP contribution in [0.5, 0.6) is 0 Å². The van der Waals surface area contributed by atoms with E-state index in [1.807, 2.05) is 30.3 Å². The summed E-state index contributed by atoms with van der Waals surface area (Å²) in [5, 5.41) is 0. The van der Waals surface area contributed by atoms with Crippen molar-refractivity contribution in [2.45, 2.75) is 19.5 Å². The van der Waals surface area contributed by atoms with Crippen LogP contribution in [-0.4, -0.2) is 33.4 Å². The average Bonchev–Trinajstić information content (AvgIpc) is 2.57. The molecule has 3 N–H and O–H groups in total. The number of carbonyl (C=O) groups is 1. The number of nitrogens with two attached hydrogens (primary N) is 1. The van der Waals surface area contributed by atoms with Crippen molar-refractivity contribution in [1.29, 1.82) is 0 Å². The molecule has 7 nitrogen and oxygen atoms in total. The second-order valence-corrected chi connectivity index (χ2v) is 6.16. The highest BCUT2D eigenvalue weighted by Crippen LogP contribution is 2.07. The molecule has 1 aromatic carbocycles. The Balaban J connectivity index is 2.17. The number of nitrogens with zero attached hydrogens (tertiary/aromatic N) is 2. The lowest BCUT2D eigenvalue weighted by atomic mass is 10.2. The Morgan fingerprint density at radius 2 is 1.96 bits per heavy atom. The van der Waals surface area contributed by atoms with E-state index < -0.39 is 11.2 Å². The van der Waals surface area contributed by atoms with Crippen molar-refractivity contribution in [3.8, 4) is 0 Å². The Kier molecular flexibility index (Phi) is 6.51. The Labute approximate surface area is 147 Å². The highest BCUT2D eigenvalue weighted by molar-refractivity contribution is 9.10. The summed E-state index contributed by atoms with van der Waals surface area (Å²) in [6, 6.07) is 9.60. The van der Waals surface area contributed by atoms with E-state index in [4.69, 9.17) is 5.73 Å². The van der Waals surface area contributed by atoms with Crippen molar-refractivity contribution in [1.82, 2.24) is 14.5 Å². The molecule has 128 valence electrons. The summed E-state index contributed by atoms with van der Waals surface area (Å²) in [5.74, 6) is -0.214. The quantitative estimate of drug-likeness (QED) is 0.720. The van der Waals surface area contributed by atoms with Gasteiger partial charge in [0.25, 0.3) is 5.56 Å². The third kappa shape index (κ3) is 4.90. The molecular weight excluding hydrogens is 376 g/mol. The fraction of sp³-hybridized carbons (Fsp3) is 0.312. The van der Waals surface area contributed by atoms with Crippen LogP contribution >= 0.6 is 15.9 Å². The number of hydrogen-bond donors (Lipinski definition) is 2. The number of carbonyl (C=O) groups excluding carboxylic acids is 1. The number of benzene rings is 1. The molecule has 0 aliphatic carbocycles. The average molecular weight is 395 g/mol. The van der Waals surface area contributed by atoms with Gasteiger partial charge in [-0.25, -0.2) is 4.79 Å². The largest absolute Gasteiger partial charge is 0.337 e. The molecule has 0 atom stereocenters. The van der Waals surface area contributed by atoms with Gasteiger partial charge in [-0.3, -0.25) is 19.1 Å². The van der Waals surface area contributed by atoms with Gasteiger partial charge in [0.05, 0.1) is 4.47 Å². The standard InChI is InChI=1S/C16H19BrN4O3/c17-13-10-21(16(24)19-15(13)23)11-14(22)20(8-4-7-18)9-12-5-2-1-3-6-12/h1-3,5-6,10H,4,7-9,11,18H2,(H,19,23,24). The van der Waals surface area contributed by atoms with Gasteiger partial charge in [0, 0.05) is 19.3 Å². The molecule has 0 bridgehead atoms. The van der Waals surface area contributed by atoms with Gasteiger partial charge in [-0.15, -0.1) is 0 Å². The van der Waals surface area contributed by atoms with Gasteiger partial charge in [0.2, 0.25) is 5.91 Å². The molecule has 1 heterocycles. The highest BCUT2D eigenvalue weighted by atomic mass is 79.9. The maximum atomic E-state index is 12.6. The smallest absolute Gasteiger partial charge is 0.328 e. The van der Waals surface area contributed by atoms with Gasteiger partial charge in [0.1, 0.15) is 6.54 Å². The van der Waals surface area contributed by atoms with Crippen LogP contribution in [0.3, 0.4) is 0 Å². The number of aromatic amines is 1. The predicted octanol–water partition coefficient (Wildman–Crippen LogP) is 0.677. The molecule has 0 aliphatic rings. The van der Waals surface area contributed by atoms with E-state index in [0.717, 1.165) is 5.56 Å². The first-order valence-electron chi connectivity index (χ1n) is 7.52. The second kappa shape index (κ2) is 8.60. The minimum absolute atomic E-state index is 0.147. The molecule has 0 fully saturated rings. The van der Waals surface area contributed by atoms with Crippen LogP contribution in [0.25, 0.3) is 0 Å². The van der Waals surface area contributed by atoms with Crippen LogP contribution in [-0.2, 0) is 17.9 Å². The molecule has 0 radical (unpaired) electrons. The van der Waals surface area contributed by atoms with Gasteiger partial charge < -0.3 is 10.6 Å². The summed E-state index contributed by atoms with van der Waals surface area (Å²) >= 11 is 3.06. The number of aromatic nitrogens is 2. The first-order chi connectivity index (χ1) is 11.5. The minimum atomic E-state index is -0.616. The maximum absolute atomic E-state index is 12.6. The van der Waals surface area contributed by atoms with E-state index in [0.29, 0.717) is 26.1 Å². The van der Waals surface area contributed by atoms with Crippen molar-refractivity contribution in [3.05, 3.63) is 67.4 Å². The maximum Gasteiger partial charge on any atom is 0.328 e. The number of halogens is 1. The number of hydrogen-bond acceptors (Lipinski definition) is 4. The molecule has 2 aromatic rings. The van der Waals surface area contributed by atoms with Gasteiger partial charge in [-0.2, -0.15) is 0 Å². The summed E-state index contributed by atoms with van der Waals surface area (Å²) < 4.78 is 1.38. The zero-order valence-corrected chi connectivity index (χ0v) is 14.7. The van der Waals surface area contributed by atoms with Gasteiger partial charge in [0.15, 0.2) is 0 Å². The lowest BCUT2D eigenvalue weighted by Gasteiger charge is -2.23. The van der Waals surface area contributed by atoms with Crippen molar-refractivity contribution < 1.29 is 4.79 Å². The third-order valence-electron chi connectivity index (χ3n) is 3.47. The normalized spacial score (nSPS) is 10.6. The monoisotopic (exact) mass is 394 g/mol. The molecule has 24 heavy (non-hydrogen) atoms. The Bertz CT molecular complexity index is 801. The van der Waals surface area contributed by atoms with E-state index in [1.54, 1.807) is 4.90 Å². The fourth-order valence-electron chi connectivity index (χ4n) is 2.22. The number of nitrogens with one attached hydrogen (secondary N) is 1. The van der Waals surface area contributed by atoms with Crippen molar-refractivity contribution in [3.63, 3.8) is 0 Å². The van der Waals surface area contributed by atoms with Crippen molar-refractivity contribution in [2.24, 2.45) is 5.73 Å². The summed E-state index contributed by atoms with van der Waals surface area (Å²) in [5.41, 5.74) is 5.41. The molecule has 2 rings (SSSR count). The molecule has 1 aromatic heterocycles. The van der Waals surface area contributed by atoms with E-state index in [1.165, 1.54) is 10.8 Å². The van der Waals surface area contributed by atoms with E-state index in [-0.39, 0.29) is 16.9 Å². The zero-order valence-electron chi connectivity index (χ0n) is 13.1. The second-order valence-electron chi connectivity index (χ2n) is 5.31. The summed E-state index contributed by atoms with van der Waals surface area (Å²) in [4.78, 5) is 39.6. The van der Waals surface area contributed by atoms with Crippen LogP contribution in [0.15, 0.2) is 50.6 Å². The predicted molar refractivity (Wildman–Crippen MR) is 94.6 cm³/mol. The minimum Gasteiger partial charge on any atom is -0.337 e. The van der Waals surface area contributed by atoms with Crippen LogP contribution in [0.4, 0.5) is 0 Å². The number of amides is 1. The van der Waals surface area contributed by atoms with Crippen molar-refractivity contribution >= 4 is 21.8 Å². The van der Waals surface area contributed by atoms with Gasteiger partial charge in [-0.05, 0) is 34.5 Å². The van der Waals surface area contributed by atoms with Gasteiger partial charge >= 0.3 is 5.69 Å². The van der Waals surface area contributed by atoms with E-state index >= 15 is 0 Å². The Hall–Kier alpha value is -2.19. The summed E-state index contributed by atoms with van der Waals surface area (Å²) in [6.45, 7) is 1.27. The molecule has 0 unspecified atom stereocenters. The van der Waals surface area contributed by atoms with Crippen LogP contribution < -0.4 is 17.0 Å². The fourth-order valence-corrected chi connectivity index (χ4v) is 2.57. The first kappa shape index (κ1) is 18.2. The SMILES string of the molecule is NCCCN(Cc1ccccc1)C(=O)Cn1cc(Br)c(=O)[nH]c1=O. The zero-order chi connectivity index (χ0) is 17.5. The Morgan fingerprint density at radius 1 is 1.25 bits per heavy atom. The van der Waals surface area contributed by atoms with Crippen molar-refractivity contribution in [2.75, 3.05) is 13.1 Å². The molecule has 0 spiro atoms. The third-order valence-corrected chi connectivity index (χ3v) is 4.04. The van der Waals surface area contributed by atoms with Crippen LogP contribution in [0.1, 0.15) is 12.0 Å². The molecule has 8 heteroatoms. The first-order valence-corrected chi connectivity index (χ1v) is 8.31. The molecular formula is C16H19BrN4O3. The lowest BCUT2D eigenvalue weighted by Crippen LogP contribution is -2.39. The topological polar surface area (TPSA) is 101 Å². The lowest BCUT2D eigenvalue weighted by molar-refractivity contribution is -0.132.